The summed E-state index contributed by atoms with van der Waals surface area (Å²) in [5.41, 5.74) is -2.90. The van der Waals surface area contributed by atoms with Gasteiger partial charge in [-0.1, -0.05) is 46.3 Å². The van der Waals surface area contributed by atoms with Gasteiger partial charge in [0.05, 0.1) is 49.8 Å². The summed E-state index contributed by atoms with van der Waals surface area (Å²) in [5.74, 6) is -1.45. The molecule has 8 rings (SSSR count). The standard InChI is InChI=1S/C54H92O23/c1-22(2)11-10-14-54(9,77-48-42(69)39(66)43(29(21-57)74-48)75-47-41(68)37(64)34(61)27(19-55)72-47)24-12-16-52(7)32(24)25(58)17-30-51(6)15-13-31(59)50(4,5)45(51)26(18-53(30,52)8)71-49-44(38(65)35(62)28(20-56)73-49)76-46-40(67)36(63)33(60)23(3)70-46/h11,23-49,55-69H,10,12-21H2,1-9H3/t23-,24-,25+,26-,27+,28+,29+,30+,31-,32-,33-,34+,35+,36+,37-,38-,39+,40+,41+,42+,43+,44+,45-,46-,47-,48-,49+,51+,52+,53+,54-/m0/s1. The molecule has 23 heteroatoms. The van der Waals surface area contributed by atoms with Crippen LogP contribution in [0.1, 0.15) is 114 Å². The second-order valence-corrected chi connectivity index (χ2v) is 25.8. The van der Waals surface area contributed by atoms with Crippen LogP contribution in [0.15, 0.2) is 11.6 Å². The van der Waals surface area contributed by atoms with E-state index in [1.165, 1.54) is 6.92 Å². The molecule has 0 amide bonds. The molecule has 0 aromatic rings. The molecule has 4 saturated heterocycles. The molecule has 8 fully saturated rings. The molecule has 4 saturated carbocycles. The fraction of sp³-hybridized carbons (Fsp3) is 0.963. The molecule has 4 aliphatic heterocycles. The minimum atomic E-state index is -1.85. The van der Waals surface area contributed by atoms with Crippen molar-refractivity contribution in [2.24, 2.45) is 45.3 Å². The van der Waals surface area contributed by atoms with Crippen molar-refractivity contribution in [2.75, 3.05) is 19.8 Å². The van der Waals surface area contributed by atoms with Crippen molar-refractivity contribution >= 4 is 0 Å². The highest BCUT2D eigenvalue weighted by atomic mass is 16.8. The van der Waals surface area contributed by atoms with Crippen molar-refractivity contribution in [3.63, 3.8) is 0 Å². The first-order valence-electron chi connectivity index (χ1n) is 27.8. The zero-order chi connectivity index (χ0) is 56.8. The average Bonchev–Trinajstić information content (AvgIpc) is 3.98. The molecule has 0 unspecified atom stereocenters. The van der Waals surface area contributed by atoms with Gasteiger partial charge in [-0.25, -0.2) is 0 Å². The summed E-state index contributed by atoms with van der Waals surface area (Å²) in [4.78, 5) is 0. The Bertz CT molecular complexity index is 2010. The van der Waals surface area contributed by atoms with E-state index in [4.69, 9.17) is 37.9 Å². The number of hydrogen-bond acceptors (Lipinski definition) is 23. The molecule has 31 atom stereocenters. The molecular weight excluding hydrogens is 1020 g/mol. The topological polar surface area (TPSA) is 377 Å². The van der Waals surface area contributed by atoms with Crippen molar-refractivity contribution in [3.8, 4) is 0 Å². The van der Waals surface area contributed by atoms with Crippen molar-refractivity contribution in [3.05, 3.63) is 11.6 Å². The van der Waals surface area contributed by atoms with E-state index in [1.54, 1.807) is 0 Å². The summed E-state index contributed by atoms with van der Waals surface area (Å²) in [6.07, 6.45) is -28.6. The fourth-order valence-electron chi connectivity index (χ4n) is 16.4. The van der Waals surface area contributed by atoms with Crippen LogP contribution in [0.2, 0.25) is 0 Å². The van der Waals surface area contributed by atoms with Gasteiger partial charge in [-0.15, -0.1) is 0 Å². The minimum absolute atomic E-state index is 0.152. The first-order valence-corrected chi connectivity index (χ1v) is 27.8. The number of allylic oxidation sites excluding steroid dienone is 2. The van der Waals surface area contributed by atoms with Crippen LogP contribution in [0.3, 0.4) is 0 Å². The number of fused-ring (bicyclic) bond motifs is 5. The maximum absolute atomic E-state index is 12.9. The molecule has 4 heterocycles. The molecule has 0 bridgehead atoms. The second kappa shape index (κ2) is 23.1. The van der Waals surface area contributed by atoms with Crippen molar-refractivity contribution in [1.82, 2.24) is 0 Å². The summed E-state index contributed by atoms with van der Waals surface area (Å²) in [7, 11) is 0. The van der Waals surface area contributed by atoms with Crippen LogP contribution in [0.4, 0.5) is 0 Å². The van der Waals surface area contributed by atoms with Gasteiger partial charge in [0.1, 0.15) is 91.6 Å². The van der Waals surface area contributed by atoms with E-state index < -0.39 is 206 Å². The third-order valence-electron chi connectivity index (χ3n) is 20.8. The van der Waals surface area contributed by atoms with Crippen molar-refractivity contribution < 1.29 is 114 Å². The lowest BCUT2D eigenvalue weighted by Gasteiger charge is -2.72. The van der Waals surface area contributed by atoms with Crippen LogP contribution in [0.5, 0.6) is 0 Å². The molecule has 4 aliphatic carbocycles. The molecule has 15 N–H and O–H groups in total. The number of hydrogen-bond donors (Lipinski definition) is 15. The number of rotatable bonds is 15. The highest BCUT2D eigenvalue weighted by Crippen LogP contribution is 2.76. The van der Waals surface area contributed by atoms with Gasteiger partial charge in [0, 0.05) is 0 Å². The van der Waals surface area contributed by atoms with E-state index in [2.05, 4.69) is 26.8 Å². The molecular formula is C54H92O23. The normalized spacial score (nSPS) is 53.6. The smallest absolute Gasteiger partial charge is 0.187 e. The Balaban J connectivity index is 1.12. The van der Waals surface area contributed by atoms with Crippen LogP contribution in [-0.4, -0.2) is 243 Å². The number of aliphatic hydroxyl groups is 15. The Morgan fingerprint density at radius 2 is 1.12 bits per heavy atom. The fourth-order valence-corrected chi connectivity index (χ4v) is 16.4. The van der Waals surface area contributed by atoms with Gasteiger partial charge in [0.15, 0.2) is 25.2 Å². The maximum Gasteiger partial charge on any atom is 0.187 e. The molecule has 0 radical (unpaired) electrons. The van der Waals surface area contributed by atoms with E-state index in [9.17, 15) is 76.6 Å². The van der Waals surface area contributed by atoms with Crippen LogP contribution in [0, 0.1) is 45.3 Å². The summed E-state index contributed by atoms with van der Waals surface area (Å²) in [6, 6.07) is 0. The van der Waals surface area contributed by atoms with Gasteiger partial charge in [0.2, 0.25) is 0 Å². The van der Waals surface area contributed by atoms with Gasteiger partial charge in [-0.05, 0) is 124 Å². The Morgan fingerprint density at radius 1 is 0.584 bits per heavy atom. The van der Waals surface area contributed by atoms with Crippen LogP contribution < -0.4 is 0 Å². The van der Waals surface area contributed by atoms with E-state index in [-0.39, 0.29) is 5.92 Å². The SMILES string of the molecule is CC(C)=CCC[C@](C)(O[C@@H]1O[C@H](CO)[C@@H](O[C@@H]2O[C@H](CO)[C@@H](O)[C@H](O)[C@H]2O)[C@H](O)[C@H]1O)[C@H]1CC[C@]2(C)[C@@H]1[C@H](O)C[C@@H]1[C@@]3(C)CC[C@H](O)C(C)(C)[C@@H]3[C@@H](O[C@@H]3O[C@H](CO)[C@@H](O)[C@H](O)[C@H]3O[C@@H]3O[C@@H](C)[C@H](O)[C@@H](O)[C@H]3O)C[C@]12C. The highest BCUT2D eigenvalue weighted by Gasteiger charge is 2.74. The zero-order valence-electron chi connectivity index (χ0n) is 45.9. The Hall–Kier alpha value is -1.18. The second-order valence-electron chi connectivity index (χ2n) is 25.8. The predicted molar refractivity (Wildman–Crippen MR) is 266 cm³/mol. The van der Waals surface area contributed by atoms with Gasteiger partial charge in [-0.2, -0.15) is 0 Å². The van der Waals surface area contributed by atoms with Crippen molar-refractivity contribution in [2.45, 2.75) is 260 Å². The molecule has 0 aromatic heterocycles. The number of ether oxygens (including phenoxy) is 8. The van der Waals surface area contributed by atoms with E-state index in [0.29, 0.717) is 51.4 Å². The van der Waals surface area contributed by atoms with Crippen molar-refractivity contribution in [1.29, 1.82) is 0 Å². The average molecular weight is 1110 g/mol. The minimum Gasteiger partial charge on any atom is -0.394 e. The monoisotopic (exact) mass is 1110 g/mol. The highest BCUT2D eigenvalue weighted by molar-refractivity contribution is 5.22. The van der Waals surface area contributed by atoms with Gasteiger partial charge in [0.25, 0.3) is 0 Å². The molecule has 0 aromatic carbocycles. The Morgan fingerprint density at radius 3 is 1.73 bits per heavy atom. The van der Waals surface area contributed by atoms with E-state index in [1.807, 2.05) is 34.6 Å². The predicted octanol–water partition coefficient (Wildman–Crippen LogP) is -2.20. The van der Waals surface area contributed by atoms with Crippen LogP contribution in [0.25, 0.3) is 0 Å². The Labute approximate surface area is 450 Å². The van der Waals surface area contributed by atoms with Gasteiger partial charge >= 0.3 is 0 Å². The van der Waals surface area contributed by atoms with Gasteiger partial charge in [-0.3, -0.25) is 0 Å². The molecule has 77 heavy (non-hydrogen) atoms. The maximum atomic E-state index is 12.9. The lowest BCUT2D eigenvalue weighted by molar-refractivity contribution is -0.382. The largest absolute Gasteiger partial charge is 0.394 e. The zero-order valence-corrected chi connectivity index (χ0v) is 45.9. The quantitative estimate of drug-likeness (QED) is 0.0611. The molecule has 446 valence electrons. The molecule has 23 nitrogen and oxygen atoms in total. The third-order valence-corrected chi connectivity index (χ3v) is 20.8. The van der Waals surface area contributed by atoms with Crippen LogP contribution in [-0.2, 0) is 37.9 Å². The summed E-state index contributed by atoms with van der Waals surface area (Å²) in [5, 5.41) is 166. The Kier molecular flexibility index (Phi) is 18.6. The third kappa shape index (κ3) is 10.7. The lowest BCUT2D eigenvalue weighted by Crippen LogP contribution is -2.71. The molecule has 8 aliphatic rings. The summed E-state index contributed by atoms with van der Waals surface area (Å²) in [6.45, 7) is 15.6. The summed E-state index contributed by atoms with van der Waals surface area (Å²) >= 11 is 0. The first-order chi connectivity index (χ1) is 36.0. The van der Waals surface area contributed by atoms with Crippen LogP contribution >= 0.6 is 0 Å². The number of aliphatic hydroxyl groups excluding tert-OH is 15. The van der Waals surface area contributed by atoms with E-state index >= 15 is 0 Å². The van der Waals surface area contributed by atoms with E-state index in [0.717, 1.165) is 5.57 Å². The first kappa shape index (κ1) is 61.9. The molecule has 0 spiro atoms. The summed E-state index contributed by atoms with van der Waals surface area (Å²) < 4.78 is 50.0. The van der Waals surface area contributed by atoms with Gasteiger partial charge < -0.3 is 114 Å². The lowest BCUT2D eigenvalue weighted by atomic mass is 9.34.